The third-order valence-corrected chi connectivity index (χ3v) is 4.24. The second-order valence-corrected chi connectivity index (χ2v) is 6.23. The molecule has 26 heavy (non-hydrogen) atoms. The van der Waals surface area contributed by atoms with E-state index in [0.29, 0.717) is 12.1 Å². The van der Waals surface area contributed by atoms with Gasteiger partial charge in [0.1, 0.15) is 0 Å². The van der Waals surface area contributed by atoms with Gasteiger partial charge in [-0.2, -0.15) is 0 Å². The minimum atomic E-state index is 0.101. The molecule has 2 saturated heterocycles. The van der Waals surface area contributed by atoms with Crippen molar-refractivity contribution >= 4 is 0 Å². The Balaban J connectivity index is 0. The molecule has 0 saturated carbocycles. The summed E-state index contributed by atoms with van der Waals surface area (Å²) < 4.78 is 20.4. The van der Waals surface area contributed by atoms with Crippen LogP contribution in [-0.2, 0) is 18.9 Å². The molecule has 2 heterocycles. The van der Waals surface area contributed by atoms with E-state index in [2.05, 4.69) is 10.6 Å². The molecule has 2 aliphatic heterocycles. The van der Waals surface area contributed by atoms with E-state index >= 15 is 0 Å². The molecule has 2 rings (SSSR count). The van der Waals surface area contributed by atoms with Crippen LogP contribution in [0.1, 0.15) is 53.4 Å². The highest BCUT2D eigenvalue weighted by molar-refractivity contribution is 4.92. The summed E-state index contributed by atoms with van der Waals surface area (Å²) >= 11 is 0. The van der Waals surface area contributed by atoms with Crippen LogP contribution in [0.5, 0.6) is 0 Å². The average Bonchev–Trinajstić information content (AvgIpc) is 3.31. The maximum atomic E-state index is 5.14. The highest BCUT2D eigenvalue weighted by atomic mass is 16.5. The third kappa shape index (κ3) is 12.2. The van der Waals surface area contributed by atoms with Crippen LogP contribution >= 0.6 is 0 Å². The smallest absolute Gasteiger partial charge is 0.0667 e. The maximum Gasteiger partial charge on any atom is 0.0667 e. The van der Waals surface area contributed by atoms with E-state index in [4.69, 9.17) is 18.9 Å². The normalized spacial score (nSPS) is 23.1. The van der Waals surface area contributed by atoms with Gasteiger partial charge in [-0.15, -0.1) is 0 Å². The molecular formula is C20H46N2O4. The van der Waals surface area contributed by atoms with Gasteiger partial charge >= 0.3 is 0 Å². The molecular weight excluding hydrogens is 332 g/mol. The summed E-state index contributed by atoms with van der Waals surface area (Å²) in [6.07, 6.45) is 4.81. The Morgan fingerprint density at radius 1 is 0.769 bits per heavy atom. The Morgan fingerprint density at radius 3 is 1.54 bits per heavy atom. The predicted molar refractivity (Wildman–Crippen MR) is 110 cm³/mol. The van der Waals surface area contributed by atoms with E-state index in [0.717, 1.165) is 39.4 Å². The topological polar surface area (TPSA) is 61.0 Å². The van der Waals surface area contributed by atoms with Gasteiger partial charge in [0.25, 0.3) is 0 Å². The molecule has 6 nitrogen and oxygen atoms in total. The van der Waals surface area contributed by atoms with Crippen molar-refractivity contribution in [3.63, 3.8) is 0 Å². The highest BCUT2D eigenvalue weighted by Crippen LogP contribution is 2.19. The van der Waals surface area contributed by atoms with Crippen LogP contribution in [-0.4, -0.2) is 79.0 Å². The van der Waals surface area contributed by atoms with E-state index in [1.807, 2.05) is 27.7 Å². The third-order valence-electron chi connectivity index (χ3n) is 4.24. The number of nitrogens with one attached hydrogen (secondary N) is 2. The summed E-state index contributed by atoms with van der Waals surface area (Å²) in [5.41, 5.74) is 0.101. The van der Waals surface area contributed by atoms with Gasteiger partial charge in [0.2, 0.25) is 0 Å². The monoisotopic (exact) mass is 378 g/mol. The molecule has 2 unspecified atom stereocenters. The number of rotatable bonds is 8. The van der Waals surface area contributed by atoms with E-state index < -0.39 is 0 Å². The van der Waals surface area contributed by atoms with E-state index in [-0.39, 0.29) is 5.54 Å². The van der Waals surface area contributed by atoms with Crippen LogP contribution < -0.4 is 10.6 Å². The van der Waals surface area contributed by atoms with Gasteiger partial charge in [0.05, 0.1) is 32.0 Å². The Hall–Kier alpha value is -0.240. The number of methoxy groups -OCH3 is 4. The molecule has 160 valence electrons. The molecule has 0 radical (unpaired) electrons. The fourth-order valence-electron chi connectivity index (χ4n) is 3.28. The molecule has 0 spiro atoms. The highest BCUT2D eigenvalue weighted by Gasteiger charge is 2.33. The molecule has 2 atom stereocenters. The number of hydrogen-bond donors (Lipinski definition) is 2. The first-order valence-corrected chi connectivity index (χ1v) is 10.2. The molecule has 0 amide bonds. The minimum Gasteiger partial charge on any atom is -0.383 e. The molecule has 0 aromatic heterocycles. The van der Waals surface area contributed by atoms with Gasteiger partial charge in [-0.1, -0.05) is 27.7 Å². The molecule has 2 aliphatic rings. The van der Waals surface area contributed by atoms with Crippen molar-refractivity contribution in [1.82, 2.24) is 10.6 Å². The Morgan fingerprint density at radius 2 is 1.23 bits per heavy atom. The fraction of sp³-hybridized carbons (Fsp3) is 1.00. The van der Waals surface area contributed by atoms with Gasteiger partial charge in [0, 0.05) is 40.5 Å². The van der Waals surface area contributed by atoms with Crippen molar-refractivity contribution < 1.29 is 18.9 Å². The van der Waals surface area contributed by atoms with Gasteiger partial charge in [-0.05, 0) is 32.2 Å². The SMILES string of the molecule is CC.CC.COCC1(COC)CCCN1.COCC1CCC(COC)N1. The van der Waals surface area contributed by atoms with Crippen molar-refractivity contribution in [2.24, 2.45) is 0 Å². The maximum absolute atomic E-state index is 5.14. The van der Waals surface area contributed by atoms with E-state index in [1.165, 1.54) is 19.3 Å². The van der Waals surface area contributed by atoms with Crippen molar-refractivity contribution in [2.75, 3.05) is 61.4 Å². The second-order valence-electron chi connectivity index (χ2n) is 6.23. The molecule has 6 heteroatoms. The van der Waals surface area contributed by atoms with Gasteiger partial charge in [-0.25, -0.2) is 0 Å². The quantitative estimate of drug-likeness (QED) is 0.677. The van der Waals surface area contributed by atoms with E-state index in [9.17, 15) is 0 Å². The summed E-state index contributed by atoms with van der Waals surface area (Å²) in [5.74, 6) is 0. The first-order chi connectivity index (χ1) is 12.7. The predicted octanol–water partition coefficient (Wildman–Crippen LogP) is 2.85. The summed E-state index contributed by atoms with van der Waals surface area (Å²) in [6, 6.07) is 1.08. The standard InChI is InChI=1S/2C8H17NO2.2C2H6/c1-10-5-7-3-4-8(9-7)6-11-2;1-10-6-8(7-11-2)4-3-5-9-8;2*1-2/h7-9H,3-6H2,1-2H3;9H,3-7H2,1-2H3;2*1-2H3. The van der Waals surface area contributed by atoms with Crippen LogP contribution in [0.25, 0.3) is 0 Å². The summed E-state index contributed by atoms with van der Waals surface area (Å²) in [6.45, 7) is 12.2. The molecule has 2 fully saturated rings. The van der Waals surface area contributed by atoms with Crippen molar-refractivity contribution in [3.8, 4) is 0 Å². The fourth-order valence-corrected chi connectivity index (χ4v) is 3.28. The largest absolute Gasteiger partial charge is 0.383 e. The lowest BCUT2D eigenvalue weighted by Gasteiger charge is -2.27. The van der Waals surface area contributed by atoms with Crippen molar-refractivity contribution in [2.45, 2.75) is 71.0 Å². The first-order valence-electron chi connectivity index (χ1n) is 10.2. The average molecular weight is 379 g/mol. The van der Waals surface area contributed by atoms with Crippen LogP contribution in [0.2, 0.25) is 0 Å². The van der Waals surface area contributed by atoms with Crippen LogP contribution in [0, 0.1) is 0 Å². The first kappa shape index (κ1) is 28.0. The minimum absolute atomic E-state index is 0.101. The second kappa shape index (κ2) is 19.5. The number of hydrogen-bond acceptors (Lipinski definition) is 6. The Labute approximate surface area is 162 Å². The Kier molecular flexibility index (Phi) is 21.0. The molecule has 2 N–H and O–H groups in total. The molecule has 0 aliphatic carbocycles. The zero-order chi connectivity index (χ0) is 20.3. The molecule has 0 bridgehead atoms. The summed E-state index contributed by atoms with van der Waals surface area (Å²) in [7, 11) is 6.95. The van der Waals surface area contributed by atoms with Crippen LogP contribution in [0.15, 0.2) is 0 Å². The summed E-state index contributed by atoms with van der Waals surface area (Å²) in [5, 5.41) is 6.86. The van der Waals surface area contributed by atoms with Crippen molar-refractivity contribution in [3.05, 3.63) is 0 Å². The van der Waals surface area contributed by atoms with Gasteiger partial charge in [-0.3, -0.25) is 0 Å². The number of ether oxygens (including phenoxy) is 4. The van der Waals surface area contributed by atoms with Gasteiger partial charge in [0.15, 0.2) is 0 Å². The summed E-state index contributed by atoms with van der Waals surface area (Å²) in [4.78, 5) is 0. The Bertz CT molecular complexity index is 255. The lowest BCUT2D eigenvalue weighted by atomic mass is 10.0. The zero-order valence-corrected chi connectivity index (χ0v) is 18.7. The van der Waals surface area contributed by atoms with Crippen LogP contribution in [0.4, 0.5) is 0 Å². The zero-order valence-electron chi connectivity index (χ0n) is 18.7. The van der Waals surface area contributed by atoms with Crippen LogP contribution in [0.3, 0.4) is 0 Å². The molecule has 0 aromatic rings. The van der Waals surface area contributed by atoms with Crippen molar-refractivity contribution in [1.29, 1.82) is 0 Å². The molecule has 0 aromatic carbocycles. The van der Waals surface area contributed by atoms with Gasteiger partial charge < -0.3 is 29.6 Å². The lowest BCUT2D eigenvalue weighted by molar-refractivity contribution is 0.0526. The lowest BCUT2D eigenvalue weighted by Crippen LogP contribution is -2.47. The van der Waals surface area contributed by atoms with E-state index in [1.54, 1.807) is 28.4 Å².